The highest BCUT2D eigenvalue weighted by Crippen LogP contribution is 2.26. The predicted molar refractivity (Wildman–Crippen MR) is 121 cm³/mol. The highest BCUT2D eigenvalue weighted by atomic mass is 35.5. The van der Waals surface area contributed by atoms with Crippen molar-refractivity contribution in [3.8, 4) is 11.3 Å². The van der Waals surface area contributed by atoms with Crippen LogP contribution in [-0.2, 0) is 0 Å². The van der Waals surface area contributed by atoms with E-state index < -0.39 is 11.9 Å². The number of carboxylic acid groups (broad SMARTS) is 1. The number of aromatic nitrogens is 1. The molecule has 0 spiro atoms. The normalized spacial score (nSPS) is 11.0. The van der Waals surface area contributed by atoms with Gasteiger partial charge in [-0.15, -0.1) is 0 Å². The molecule has 0 aliphatic heterocycles. The molecule has 0 aliphatic carbocycles. The number of rotatable bonds is 5. The summed E-state index contributed by atoms with van der Waals surface area (Å²) in [4.78, 5) is 28.9. The van der Waals surface area contributed by atoms with Gasteiger partial charge in [0, 0.05) is 21.5 Å². The molecule has 3 aromatic carbocycles. The van der Waals surface area contributed by atoms with E-state index in [0.717, 1.165) is 5.56 Å². The van der Waals surface area contributed by atoms with Gasteiger partial charge in [0.1, 0.15) is 0 Å². The molecule has 2 N–H and O–H groups in total. The summed E-state index contributed by atoms with van der Waals surface area (Å²) in [6.45, 7) is 0. The van der Waals surface area contributed by atoms with Gasteiger partial charge in [0.05, 0.1) is 28.6 Å². The minimum atomic E-state index is -1.07. The molecular weight excluding hydrogens is 414 g/mol. The zero-order valence-electron chi connectivity index (χ0n) is 16.1. The topological polar surface area (TPSA) is 91.6 Å². The van der Waals surface area contributed by atoms with Gasteiger partial charge in [0.2, 0.25) is 0 Å². The second-order valence-corrected chi connectivity index (χ2v) is 7.11. The van der Waals surface area contributed by atoms with E-state index in [-0.39, 0.29) is 5.56 Å². The van der Waals surface area contributed by atoms with Gasteiger partial charge in [-0.2, -0.15) is 5.10 Å². The van der Waals surface area contributed by atoms with Crippen LogP contribution < -0.4 is 5.43 Å². The van der Waals surface area contributed by atoms with Crippen molar-refractivity contribution in [1.29, 1.82) is 0 Å². The van der Waals surface area contributed by atoms with E-state index in [4.69, 9.17) is 11.6 Å². The zero-order valence-corrected chi connectivity index (χ0v) is 16.9. The summed E-state index contributed by atoms with van der Waals surface area (Å²) in [6.07, 6.45) is 1.31. The summed E-state index contributed by atoms with van der Waals surface area (Å²) in [5.74, 6) is -1.50. The molecule has 7 heteroatoms. The quantitative estimate of drug-likeness (QED) is 0.344. The second kappa shape index (κ2) is 8.77. The van der Waals surface area contributed by atoms with E-state index in [9.17, 15) is 14.7 Å². The fourth-order valence-corrected chi connectivity index (χ4v) is 3.28. The van der Waals surface area contributed by atoms with Gasteiger partial charge in [0.25, 0.3) is 5.91 Å². The highest BCUT2D eigenvalue weighted by molar-refractivity contribution is 6.30. The molecule has 31 heavy (non-hydrogen) atoms. The Hall–Kier alpha value is -4.03. The van der Waals surface area contributed by atoms with Crippen molar-refractivity contribution in [3.63, 3.8) is 0 Å². The number of nitrogens with one attached hydrogen (secondary N) is 1. The van der Waals surface area contributed by atoms with Crippen molar-refractivity contribution >= 4 is 40.6 Å². The fraction of sp³-hybridized carbons (Fsp3) is 0. The highest BCUT2D eigenvalue weighted by Gasteiger charge is 2.14. The number of amides is 1. The van der Waals surface area contributed by atoms with Crippen LogP contribution in [0.3, 0.4) is 0 Å². The molecule has 6 nitrogen and oxygen atoms in total. The third-order valence-corrected chi connectivity index (χ3v) is 4.91. The smallest absolute Gasteiger partial charge is 0.336 e. The number of para-hydroxylation sites is 1. The van der Waals surface area contributed by atoms with Crippen molar-refractivity contribution < 1.29 is 14.7 Å². The first-order valence-corrected chi connectivity index (χ1v) is 9.72. The Labute approximate surface area is 182 Å². The monoisotopic (exact) mass is 429 g/mol. The summed E-state index contributed by atoms with van der Waals surface area (Å²) in [5, 5.41) is 14.5. The number of carboxylic acids is 1. The van der Waals surface area contributed by atoms with E-state index in [0.29, 0.717) is 32.7 Å². The van der Waals surface area contributed by atoms with E-state index in [1.807, 2.05) is 36.4 Å². The van der Waals surface area contributed by atoms with Crippen LogP contribution >= 0.6 is 11.6 Å². The lowest BCUT2D eigenvalue weighted by molar-refractivity contribution is 0.0696. The third-order valence-electron chi connectivity index (χ3n) is 4.66. The van der Waals surface area contributed by atoms with Gasteiger partial charge in [-0.1, -0.05) is 60.1 Å². The molecule has 0 saturated carbocycles. The molecule has 0 fully saturated rings. The van der Waals surface area contributed by atoms with Crippen molar-refractivity contribution in [2.24, 2.45) is 5.10 Å². The van der Waals surface area contributed by atoms with Crippen LogP contribution in [0.1, 0.15) is 26.3 Å². The number of pyridine rings is 1. The number of fused-ring (bicyclic) bond motifs is 1. The van der Waals surface area contributed by atoms with E-state index in [2.05, 4.69) is 15.5 Å². The molecule has 152 valence electrons. The first kappa shape index (κ1) is 20.3. The first-order valence-electron chi connectivity index (χ1n) is 9.34. The molecule has 0 saturated heterocycles. The van der Waals surface area contributed by atoms with Gasteiger partial charge in [-0.25, -0.2) is 15.2 Å². The molecule has 1 heterocycles. The van der Waals surface area contributed by atoms with Crippen LogP contribution in [0.4, 0.5) is 0 Å². The minimum Gasteiger partial charge on any atom is -0.478 e. The van der Waals surface area contributed by atoms with Crippen molar-refractivity contribution in [2.45, 2.75) is 0 Å². The van der Waals surface area contributed by atoms with Gasteiger partial charge in [0.15, 0.2) is 0 Å². The van der Waals surface area contributed by atoms with Gasteiger partial charge in [-0.05, 0) is 30.3 Å². The molecule has 0 unspecified atom stereocenters. The molecule has 1 aromatic heterocycles. The molecule has 0 aliphatic rings. The summed E-state index contributed by atoms with van der Waals surface area (Å²) in [7, 11) is 0. The van der Waals surface area contributed by atoms with Crippen molar-refractivity contribution in [3.05, 3.63) is 101 Å². The summed E-state index contributed by atoms with van der Waals surface area (Å²) >= 11 is 5.98. The van der Waals surface area contributed by atoms with Crippen LogP contribution in [-0.4, -0.2) is 28.2 Å². The van der Waals surface area contributed by atoms with Crippen LogP contribution in [0.15, 0.2) is 84.0 Å². The second-order valence-electron chi connectivity index (χ2n) is 6.67. The molecule has 0 radical (unpaired) electrons. The lowest BCUT2D eigenvalue weighted by atomic mass is 10.0. The Kier molecular flexibility index (Phi) is 5.73. The van der Waals surface area contributed by atoms with Gasteiger partial charge < -0.3 is 5.11 Å². The number of hydrogen-bond acceptors (Lipinski definition) is 4. The minimum absolute atomic E-state index is 0.0971. The molecule has 4 aromatic rings. The Morgan fingerprint density at radius 2 is 1.65 bits per heavy atom. The lowest BCUT2D eigenvalue weighted by Gasteiger charge is -2.09. The Bertz CT molecular complexity index is 1320. The Morgan fingerprint density at radius 3 is 2.42 bits per heavy atom. The SMILES string of the molecule is O=C(O)c1ccccc1/C=N\NC(=O)c1cc(-c2ccc(Cl)cc2)nc2ccccc12. The molecular formula is C24H16ClN3O3. The number of aromatic carboxylic acids is 1. The average molecular weight is 430 g/mol. The average Bonchev–Trinajstić information content (AvgIpc) is 2.79. The number of hydrazone groups is 1. The van der Waals surface area contributed by atoms with Crippen molar-refractivity contribution in [1.82, 2.24) is 10.4 Å². The van der Waals surface area contributed by atoms with Crippen LogP contribution in [0.25, 0.3) is 22.2 Å². The summed E-state index contributed by atoms with van der Waals surface area (Å²) < 4.78 is 0. The maximum Gasteiger partial charge on any atom is 0.336 e. The van der Waals surface area contributed by atoms with Crippen LogP contribution in [0.5, 0.6) is 0 Å². The summed E-state index contributed by atoms with van der Waals surface area (Å²) in [6, 6.07) is 22.6. The van der Waals surface area contributed by atoms with Crippen LogP contribution in [0.2, 0.25) is 5.02 Å². The van der Waals surface area contributed by atoms with Gasteiger partial charge >= 0.3 is 5.97 Å². The summed E-state index contributed by atoms with van der Waals surface area (Å²) in [5.41, 5.74) is 5.48. The Morgan fingerprint density at radius 1 is 0.935 bits per heavy atom. The van der Waals surface area contributed by atoms with Gasteiger partial charge in [-0.3, -0.25) is 4.79 Å². The zero-order chi connectivity index (χ0) is 21.8. The molecule has 0 atom stereocenters. The van der Waals surface area contributed by atoms with E-state index in [1.54, 1.807) is 36.4 Å². The molecule has 0 bridgehead atoms. The van der Waals surface area contributed by atoms with E-state index >= 15 is 0 Å². The third kappa shape index (κ3) is 4.44. The largest absolute Gasteiger partial charge is 0.478 e. The Balaban J connectivity index is 1.67. The maximum absolute atomic E-state index is 12.9. The molecule has 4 rings (SSSR count). The number of benzene rings is 3. The number of carbonyl (C=O) groups excluding carboxylic acids is 1. The maximum atomic E-state index is 12.9. The molecule has 1 amide bonds. The lowest BCUT2D eigenvalue weighted by Crippen LogP contribution is -2.18. The number of halogens is 1. The fourth-order valence-electron chi connectivity index (χ4n) is 3.16. The first-order chi connectivity index (χ1) is 15.0. The van der Waals surface area contributed by atoms with E-state index in [1.165, 1.54) is 12.3 Å². The predicted octanol–water partition coefficient (Wildman–Crippen LogP) is 5.02. The van der Waals surface area contributed by atoms with Crippen LogP contribution in [0, 0.1) is 0 Å². The number of carbonyl (C=O) groups is 2. The number of nitrogens with zero attached hydrogens (tertiary/aromatic N) is 2. The standard InChI is InChI=1S/C24H16ClN3O3/c25-17-11-9-15(10-12-17)22-13-20(19-7-3-4-8-21(19)27-22)23(29)28-26-14-16-5-1-2-6-18(16)24(30)31/h1-14H,(H,28,29)(H,30,31)/b26-14-. The number of hydrogen-bond donors (Lipinski definition) is 2. The van der Waals surface area contributed by atoms with Crippen molar-refractivity contribution in [2.75, 3.05) is 0 Å².